The monoisotopic (exact) mass is 654 g/mol. The van der Waals surface area contributed by atoms with Crippen molar-refractivity contribution in [2.45, 2.75) is 89.8 Å². The maximum absolute atomic E-state index is 14.1. The number of amides is 4. The lowest BCUT2D eigenvalue weighted by Gasteiger charge is -2.41. The molecule has 4 aliphatic heterocycles. The van der Waals surface area contributed by atoms with E-state index in [9.17, 15) is 14.4 Å². The van der Waals surface area contributed by atoms with Gasteiger partial charge in [0.2, 0.25) is 11.8 Å². The third-order valence-corrected chi connectivity index (χ3v) is 11.6. The van der Waals surface area contributed by atoms with Crippen molar-refractivity contribution in [3.63, 3.8) is 0 Å². The van der Waals surface area contributed by atoms with Crippen molar-refractivity contribution < 1.29 is 14.4 Å². The van der Waals surface area contributed by atoms with Gasteiger partial charge in [0.05, 0.1) is 28.9 Å². The van der Waals surface area contributed by atoms with Crippen LogP contribution in [0.15, 0.2) is 23.6 Å². The predicted octanol–water partition coefficient (Wildman–Crippen LogP) is 5.61. The highest BCUT2D eigenvalue weighted by atomic mass is 35.5. The number of aryl methyl sites for hydroxylation is 1. The second kappa shape index (κ2) is 14.3. The molecule has 9 nitrogen and oxygen atoms in total. The van der Waals surface area contributed by atoms with E-state index in [4.69, 9.17) is 17.3 Å². The smallest absolute Gasteiger partial charge is 0.322 e. The van der Waals surface area contributed by atoms with E-state index >= 15 is 0 Å². The molecule has 11 heteroatoms. The summed E-state index contributed by atoms with van der Waals surface area (Å²) in [6.45, 7) is 7.64. The zero-order valence-electron chi connectivity index (χ0n) is 26.4. The van der Waals surface area contributed by atoms with Crippen molar-refractivity contribution in [1.82, 2.24) is 19.6 Å². The number of nitrogens with zero attached hydrogens (tertiary/aromatic N) is 4. The highest BCUT2D eigenvalue weighted by Gasteiger charge is 2.36. The van der Waals surface area contributed by atoms with Crippen LogP contribution < -0.4 is 11.1 Å². The molecule has 4 aliphatic rings. The Kier molecular flexibility index (Phi) is 10.2. The summed E-state index contributed by atoms with van der Waals surface area (Å²) < 4.78 is 0. The Morgan fingerprint density at radius 2 is 1.69 bits per heavy atom. The number of nitrogens with one attached hydrogen (secondary N) is 1. The van der Waals surface area contributed by atoms with Crippen molar-refractivity contribution in [1.29, 1.82) is 0 Å². The molecule has 0 bridgehead atoms. The van der Waals surface area contributed by atoms with Gasteiger partial charge in [0.25, 0.3) is 0 Å². The van der Waals surface area contributed by atoms with Gasteiger partial charge in [0.15, 0.2) is 0 Å². The number of urea groups is 1. The second-order valence-corrected chi connectivity index (χ2v) is 14.6. The molecule has 0 radical (unpaired) electrons. The van der Waals surface area contributed by atoms with Crippen LogP contribution in [0.5, 0.6) is 0 Å². The van der Waals surface area contributed by atoms with Gasteiger partial charge in [-0.1, -0.05) is 31.0 Å². The minimum absolute atomic E-state index is 0.0101. The van der Waals surface area contributed by atoms with E-state index in [0.29, 0.717) is 42.8 Å². The van der Waals surface area contributed by atoms with Crippen LogP contribution in [0, 0.1) is 5.92 Å². The molecule has 3 fully saturated rings. The summed E-state index contributed by atoms with van der Waals surface area (Å²) in [5.41, 5.74) is 9.63. The number of nitrogens with two attached hydrogens (primary N) is 1. The maximum atomic E-state index is 14.1. The molecule has 5 heterocycles. The largest absolute Gasteiger partial charge is 0.397 e. The van der Waals surface area contributed by atoms with E-state index in [-0.39, 0.29) is 30.3 Å². The van der Waals surface area contributed by atoms with Gasteiger partial charge >= 0.3 is 6.03 Å². The number of thiophene rings is 1. The molecule has 0 aliphatic carbocycles. The summed E-state index contributed by atoms with van der Waals surface area (Å²) >= 11 is 8.16. The SMILES string of the molecule is CCc1cc(C[C@@H](CC(=O)N2CCC(N3Cc4sccc4NC3=O)CC2)C(=O)N2CCC(N3CCCCC3)CC2)cc(Cl)c1N. The molecule has 6 rings (SSSR count). The molecule has 4 amide bonds. The molecule has 1 aromatic carbocycles. The number of halogens is 1. The van der Waals surface area contributed by atoms with Gasteiger partial charge in [-0.2, -0.15) is 0 Å². The predicted molar refractivity (Wildman–Crippen MR) is 181 cm³/mol. The van der Waals surface area contributed by atoms with Gasteiger partial charge in [-0.15, -0.1) is 11.3 Å². The first kappa shape index (κ1) is 32.1. The molecule has 1 aromatic heterocycles. The van der Waals surface area contributed by atoms with Gasteiger partial charge in [-0.3, -0.25) is 9.59 Å². The van der Waals surface area contributed by atoms with Gasteiger partial charge in [-0.05, 0) is 93.1 Å². The van der Waals surface area contributed by atoms with E-state index < -0.39 is 5.92 Å². The molecule has 0 saturated carbocycles. The summed E-state index contributed by atoms with van der Waals surface area (Å²) in [5, 5.41) is 5.51. The molecule has 2 aromatic rings. The Labute approximate surface area is 276 Å². The molecular weight excluding hydrogens is 608 g/mol. The van der Waals surface area contributed by atoms with Crippen LogP contribution in [0.3, 0.4) is 0 Å². The summed E-state index contributed by atoms with van der Waals surface area (Å²) in [5.74, 6) is -0.384. The van der Waals surface area contributed by atoms with Crippen LogP contribution in [0.25, 0.3) is 0 Å². The van der Waals surface area contributed by atoms with Gasteiger partial charge < -0.3 is 30.7 Å². The lowest BCUT2D eigenvalue weighted by Crippen LogP contribution is -2.52. The number of hydrogen-bond donors (Lipinski definition) is 2. The molecule has 244 valence electrons. The number of carbonyl (C=O) groups excluding carboxylic acids is 3. The van der Waals surface area contributed by atoms with Crippen LogP contribution >= 0.6 is 22.9 Å². The van der Waals surface area contributed by atoms with E-state index in [2.05, 4.69) is 10.2 Å². The zero-order chi connectivity index (χ0) is 31.5. The number of fused-ring (bicyclic) bond motifs is 1. The number of piperidine rings is 3. The molecule has 1 atom stereocenters. The van der Waals surface area contributed by atoms with Gasteiger partial charge in [0, 0.05) is 49.6 Å². The second-order valence-electron chi connectivity index (χ2n) is 13.2. The lowest BCUT2D eigenvalue weighted by atomic mass is 9.90. The first-order valence-corrected chi connectivity index (χ1v) is 18.1. The third kappa shape index (κ3) is 7.28. The average molecular weight is 655 g/mol. The number of nitrogen functional groups attached to an aromatic ring is 1. The van der Waals surface area contributed by atoms with Crippen LogP contribution in [0.1, 0.15) is 74.3 Å². The maximum Gasteiger partial charge on any atom is 0.322 e. The van der Waals surface area contributed by atoms with E-state index in [0.717, 1.165) is 62.0 Å². The number of rotatable bonds is 8. The molecule has 3 saturated heterocycles. The minimum Gasteiger partial charge on any atom is -0.397 e. The summed E-state index contributed by atoms with van der Waals surface area (Å²) in [7, 11) is 0. The van der Waals surface area contributed by atoms with Gasteiger partial charge in [-0.25, -0.2) is 4.79 Å². The molecule has 45 heavy (non-hydrogen) atoms. The summed E-state index contributed by atoms with van der Waals surface area (Å²) in [6, 6.07) is 6.43. The van der Waals surface area contributed by atoms with Crippen LogP contribution in [0.4, 0.5) is 16.2 Å². The first-order chi connectivity index (χ1) is 21.8. The Bertz CT molecular complexity index is 1380. The van der Waals surface area contributed by atoms with Crippen LogP contribution in [-0.2, 0) is 29.0 Å². The van der Waals surface area contributed by atoms with Gasteiger partial charge in [0.1, 0.15) is 0 Å². The van der Waals surface area contributed by atoms with E-state index in [1.165, 1.54) is 37.2 Å². The number of likely N-dealkylation sites (tertiary alicyclic amines) is 3. The number of hydrogen-bond acceptors (Lipinski definition) is 6. The Morgan fingerprint density at radius 1 is 1.00 bits per heavy atom. The fourth-order valence-electron chi connectivity index (χ4n) is 7.72. The van der Waals surface area contributed by atoms with Crippen molar-refractivity contribution >= 4 is 52.2 Å². The standard InChI is InChI=1S/C34H47ClN6O3S/c1-2-24-18-23(20-28(35)32(24)36)19-25(33(43)40-15-6-26(7-16-40)38-11-4-3-5-12-38)21-31(42)39-13-8-27(9-14-39)41-22-30-29(10-17-45-30)37-34(41)44/h10,17-18,20,25-27H,2-9,11-16,19,21-22,36H2,1H3,(H,37,44)/t25-/m0/s1. The third-order valence-electron chi connectivity index (χ3n) is 10.4. The average Bonchev–Trinajstić information content (AvgIpc) is 3.53. The van der Waals surface area contributed by atoms with E-state index in [1.54, 1.807) is 11.3 Å². The fourth-order valence-corrected chi connectivity index (χ4v) is 8.81. The molecule has 0 unspecified atom stereocenters. The fraction of sp³-hybridized carbons (Fsp3) is 0.618. The lowest BCUT2D eigenvalue weighted by molar-refractivity contribution is -0.143. The first-order valence-electron chi connectivity index (χ1n) is 16.8. The quantitative estimate of drug-likeness (QED) is 0.361. The molecular formula is C34H47ClN6O3S. The summed E-state index contributed by atoms with van der Waals surface area (Å²) in [4.78, 5) is 50.3. The highest BCUT2D eigenvalue weighted by molar-refractivity contribution is 7.10. The van der Waals surface area contributed by atoms with Crippen molar-refractivity contribution in [3.8, 4) is 0 Å². The topological polar surface area (TPSA) is 102 Å². The molecule has 3 N–H and O–H groups in total. The Hall–Kier alpha value is -2.82. The number of carbonyl (C=O) groups is 3. The van der Waals surface area contributed by atoms with Crippen molar-refractivity contribution in [3.05, 3.63) is 44.6 Å². The Morgan fingerprint density at radius 3 is 2.40 bits per heavy atom. The van der Waals surface area contributed by atoms with Crippen molar-refractivity contribution in [2.24, 2.45) is 5.92 Å². The minimum atomic E-state index is -0.462. The number of benzene rings is 1. The number of anilines is 2. The highest BCUT2D eigenvalue weighted by Crippen LogP contribution is 2.33. The Balaban J connectivity index is 1.10. The zero-order valence-corrected chi connectivity index (χ0v) is 28.0. The normalized spacial score (nSPS) is 21.0. The molecule has 0 spiro atoms. The van der Waals surface area contributed by atoms with E-state index in [1.807, 2.05) is 45.2 Å². The van der Waals surface area contributed by atoms with Crippen molar-refractivity contribution in [2.75, 3.05) is 50.3 Å². The summed E-state index contributed by atoms with van der Waals surface area (Å²) in [6.07, 6.45) is 8.68. The van der Waals surface area contributed by atoms with Crippen LogP contribution in [-0.4, -0.2) is 88.8 Å². The van der Waals surface area contributed by atoms with Crippen LogP contribution in [0.2, 0.25) is 5.02 Å².